The minimum absolute atomic E-state index is 0.0146. The first-order chi connectivity index (χ1) is 42.4. The van der Waals surface area contributed by atoms with Gasteiger partial charge in [-0.2, -0.15) is 0 Å². The van der Waals surface area contributed by atoms with Gasteiger partial charge in [0, 0.05) is 0 Å². The Labute approximate surface area is 383 Å². The molecule has 8 aromatic carbocycles. The molecule has 3 aromatic heterocycles. The molecule has 0 saturated heterocycles. The number of fused-ring (bicyclic) bond motifs is 7. The average molecular weight is 828 g/mol. The Morgan fingerprint density at radius 2 is 0.930 bits per heavy atom. The predicted molar refractivity (Wildman–Crippen MR) is 235 cm³/mol. The van der Waals surface area contributed by atoms with Crippen LogP contribution in [0, 0.1) is 0 Å². The molecule has 0 fully saturated rings. The van der Waals surface area contributed by atoms with Gasteiger partial charge in [-0.25, -0.2) is 0 Å². The summed E-state index contributed by atoms with van der Waals surface area (Å²) in [6.45, 7) is 0. The second-order valence-electron chi connectivity index (χ2n) is 11.8. The first-order valence-electron chi connectivity index (χ1n) is 33.4. The summed E-state index contributed by atoms with van der Waals surface area (Å²) in [6.07, 6.45) is 0. The van der Waals surface area contributed by atoms with Crippen molar-refractivity contribution in [2.45, 2.75) is 5.41 Å². The first kappa shape index (κ1) is 13.6. The van der Waals surface area contributed by atoms with Gasteiger partial charge in [-0.1, -0.05) is 90.6 Å². The number of hydrogen-bond donors (Lipinski definition) is 0. The SMILES string of the molecule is [2H]c1c([2H])c([2H])c(-c2nc(-c3c([2H])c([2H])c([2H])c(C(c4c([2H])c([2H])c([2H])c([2H])c4[2H])(c4c([2H])c([2H])c([2H])c([2H])c4[2H])c4c([2H])c([2H])c([2H])c([2H])c4[2H])c3[2H])nc(-n3c4c([2H])c([2H])c([2H])c([2H])c4c4c5c([se]c6c([2H])c([2H])c([2H])c([2H])c65)c([2H])c([2H])c43)n2)c([2H])c1[2H]. The number of benzene rings is 8. The van der Waals surface area contributed by atoms with E-state index in [1.165, 1.54) is 0 Å². The quantitative estimate of drug-likeness (QED) is 0.119. The molecular weight excluding hydrogens is 760 g/mol. The summed E-state index contributed by atoms with van der Waals surface area (Å²) in [6, 6.07) is -38.2. The normalized spacial score (nSPS) is 20.2. The third-order valence-corrected chi connectivity index (χ3v) is 11.0. The van der Waals surface area contributed by atoms with Crippen molar-refractivity contribution in [3.05, 3.63) is 228 Å². The predicted octanol–water partition coefficient (Wildman–Crippen LogP) is 12.0. The molecule has 0 aliphatic carbocycles. The summed E-state index contributed by atoms with van der Waals surface area (Å²) in [5.41, 5.74) is -12.7. The van der Waals surface area contributed by atoms with Crippen LogP contribution in [0.5, 0.6) is 0 Å². The van der Waals surface area contributed by atoms with Crippen molar-refractivity contribution < 1.29 is 46.6 Å². The molecule has 0 saturated carbocycles. The van der Waals surface area contributed by atoms with Crippen LogP contribution in [0.1, 0.15) is 68.9 Å². The van der Waals surface area contributed by atoms with E-state index in [0.717, 1.165) is 4.57 Å². The molecule has 11 aromatic rings. The summed E-state index contributed by atoms with van der Waals surface area (Å²) in [5.74, 6) is -3.30. The molecule has 4 nitrogen and oxygen atoms in total. The Morgan fingerprint density at radius 1 is 0.404 bits per heavy atom. The van der Waals surface area contributed by atoms with Crippen LogP contribution >= 0.6 is 0 Å². The second-order valence-corrected chi connectivity index (χ2v) is 14.0. The molecule has 0 N–H and O–H groups in total. The Balaban J connectivity index is 1.45. The molecule has 268 valence electrons. The fourth-order valence-electron chi connectivity index (χ4n) is 6.58. The monoisotopic (exact) mass is 828 g/mol. The van der Waals surface area contributed by atoms with Gasteiger partial charge in [-0.15, -0.1) is 0 Å². The molecule has 5 heteroatoms. The van der Waals surface area contributed by atoms with Gasteiger partial charge in [0.1, 0.15) is 0 Å². The van der Waals surface area contributed by atoms with Crippen LogP contribution in [0.3, 0.4) is 0 Å². The summed E-state index contributed by atoms with van der Waals surface area (Å²) >= 11 is -1.20. The fraction of sp³-hybridized carbons (Fsp3) is 0.0192. The zero-order valence-electron chi connectivity index (χ0n) is 62.2. The van der Waals surface area contributed by atoms with E-state index in [-0.39, 0.29) is 24.7 Å². The standard InChI is InChI=1S/C52H34N4Se/c1-5-18-35(19-6-1)49-53-50(36-20-17-27-40(34-36)52(37-21-7-2-8-22-37,38-23-9-3-10-24-38)39-25-11-4-12-26-39)55-51(54-49)56-43-30-15-13-28-41(43)47-44(56)32-33-46-48(47)42-29-14-16-31-45(42)57-46/h1-34H/i1D,2D,3D,4D,5D,6D,7D,8D,9D,10D,11D,12D,13D,14D,15D,16D,17D,18D,19D,20D,21D,22D,23D,24D,25D,26D,27D,28D,29D,30D,31D,32D,33D,34D. The molecule has 0 atom stereocenters. The van der Waals surface area contributed by atoms with Crippen LogP contribution in [0.2, 0.25) is 0 Å². The van der Waals surface area contributed by atoms with Crippen molar-refractivity contribution in [3.8, 4) is 28.7 Å². The molecule has 0 amide bonds. The Hall–Kier alpha value is -6.91. The zero-order chi connectivity index (χ0) is 67.4. The number of nitrogens with zero attached hydrogens (tertiary/aromatic N) is 4. The van der Waals surface area contributed by atoms with Crippen LogP contribution in [0.25, 0.3) is 69.8 Å². The van der Waals surface area contributed by atoms with E-state index in [2.05, 4.69) is 15.0 Å². The second kappa shape index (κ2) is 13.7. The maximum atomic E-state index is 10.4. The van der Waals surface area contributed by atoms with E-state index in [1.807, 2.05) is 0 Å². The van der Waals surface area contributed by atoms with Crippen molar-refractivity contribution in [2.24, 2.45) is 0 Å². The van der Waals surface area contributed by atoms with Gasteiger partial charge in [0.25, 0.3) is 0 Å². The third-order valence-electron chi connectivity index (χ3n) is 8.88. The van der Waals surface area contributed by atoms with Crippen LogP contribution in [0.4, 0.5) is 0 Å². The third kappa shape index (κ3) is 5.39. The van der Waals surface area contributed by atoms with Crippen LogP contribution in [-0.4, -0.2) is 34.0 Å². The van der Waals surface area contributed by atoms with Crippen molar-refractivity contribution in [2.75, 3.05) is 0 Å². The summed E-state index contributed by atoms with van der Waals surface area (Å²) in [7, 11) is 0. The van der Waals surface area contributed by atoms with Gasteiger partial charge in [-0.3, -0.25) is 0 Å². The Bertz CT molecular complexity index is 4970. The molecule has 0 spiro atoms. The maximum absolute atomic E-state index is 10.4. The van der Waals surface area contributed by atoms with Crippen LogP contribution in [0.15, 0.2) is 205 Å². The zero-order valence-corrected chi connectivity index (χ0v) is 29.9. The summed E-state index contributed by atoms with van der Waals surface area (Å²) in [4.78, 5) is 13.4. The molecule has 0 aliphatic heterocycles. The molecule has 3 heterocycles. The molecule has 0 bridgehead atoms. The Kier molecular flexibility index (Phi) is 3.27. The Morgan fingerprint density at radius 3 is 1.60 bits per heavy atom. The van der Waals surface area contributed by atoms with Gasteiger partial charge < -0.3 is 0 Å². The fourth-order valence-corrected chi connectivity index (χ4v) is 8.61. The molecule has 0 unspecified atom stereocenters. The van der Waals surface area contributed by atoms with Gasteiger partial charge in [0.05, 0.1) is 23.3 Å². The number of para-hydroxylation sites is 1. The minimum atomic E-state index is -3.81. The van der Waals surface area contributed by atoms with Gasteiger partial charge in [-0.05, 0) is 16.7 Å². The van der Waals surface area contributed by atoms with E-state index in [4.69, 9.17) is 27.4 Å². The van der Waals surface area contributed by atoms with Gasteiger partial charge >= 0.3 is 253 Å². The van der Waals surface area contributed by atoms with E-state index >= 15 is 0 Å². The average Bonchev–Trinajstić information content (AvgIpc) is 1.59. The van der Waals surface area contributed by atoms with Crippen molar-refractivity contribution in [1.82, 2.24) is 19.5 Å². The molecule has 0 aliphatic rings. The first-order valence-corrected chi connectivity index (χ1v) is 18.1. The molecule has 11 rings (SSSR count). The molecular formula is C52H34N4Se. The van der Waals surface area contributed by atoms with Crippen LogP contribution in [-0.2, 0) is 5.41 Å². The van der Waals surface area contributed by atoms with E-state index < -0.39 is 293 Å². The van der Waals surface area contributed by atoms with Crippen molar-refractivity contribution >= 4 is 55.6 Å². The van der Waals surface area contributed by atoms with Crippen LogP contribution < -0.4 is 0 Å². The van der Waals surface area contributed by atoms with Crippen molar-refractivity contribution in [1.29, 1.82) is 0 Å². The summed E-state index contributed by atoms with van der Waals surface area (Å²) in [5, 5.41) is -1.25. The van der Waals surface area contributed by atoms with Crippen molar-refractivity contribution in [3.63, 3.8) is 0 Å². The number of aromatic nitrogens is 4. The summed E-state index contributed by atoms with van der Waals surface area (Å²) < 4.78 is 312. The topological polar surface area (TPSA) is 43.6 Å². The van der Waals surface area contributed by atoms with E-state index in [0.29, 0.717) is 0 Å². The van der Waals surface area contributed by atoms with E-state index in [1.54, 1.807) is 0 Å². The number of rotatable bonds is 7. The van der Waals surface area contributed by atoms with E-state index in [9.17, 15) is 19.2 Å². The number of hydrogen-bond acceptors (Lipinski definition) is 3. The molecule has 57 heavy (non-hydrogen) atoms. The molecule has 0 radical (unpaired) electrons. The van der Waals surface area contributed by atoms with Gasteiger partial charge in [0.2, 0.25) is 0 Å². The van der Waals surface area contributed by atoms with Gasteiger partial charge in [0.15, 0.2) is 0 Å².